The fourth-order valence-corrected chi connectivity index (χ4v) is 22.5. The molecule has 6 aliphatic heterocycles. The topological polar surface area (TPSA) is 68.5 Å². The van der Waals surface area contributed by atoms with Crippen LogP contribution in [-0.2, 0) is 36.5 Å². The Labute approximate surface area is 875 Å². The van der Waals surface area contributed by atoms with Gasteiger partial charge in [0.1, 0.15) is 29.2 Å². The first-order chi connectivity index (χ1) is 69.6. The van der Waals surface area contributed by atoms with Crippen molar-refractivity contribution in [3.63, 3.8) is 0 Å². The summed E-state index contributed by atoms with van der Waals surface area (Å²) in [4.78, 5) is 0. The van der Waals surface area contributed by atoms with Crippen LogP contribution in [0.3, 0.4) is 0 Å². The van der Waals surface area contributed by atoms with Gasteiger partial charge in [-0.05, 0) is 347 Å². The van der Waals surface area contributed by atoms with Gasteiger partial charge in [0.2, 0.25) is 0 Å². The molecule has 11 aromatic rings. The van der Waals surface area contributed by atoms with Gasteiger partial charge >= 0.3 is 0 Å². The zero-order chi connectivity index (χ0) is 102. The van der Waals surface area contributed by atoms with E-state index in [-0.39, 0.29) is 5.82 Å². The van der Waals surface area contributed by atoms with Crippen LogP contribution in [0.25, 0.3) is 11.3 Å². The summed E-state index contributed by atoms with van der Waals surface area (Å²) in [5.74, 6) is 10.1. The smallest absolute Gasteiger partial charge is 0.134 e. The third kappa shape index (κ3) is 38.7. The van der Waals surface area contributed by atoms with E-state index in [0.717, 1.165) is 126 Å². The summed E-state index contributed by atoms with van der Waals surface area (Å²) in [7, 11) is 0. The molecule has 5 saturated heterocycles. The third-order valence-electron chi connectivity index (χ3n) is 31.7. The van der Waals surface area contributed by atoms with Crippen molar-refractivity contribution in [2.45, 2.75) is 414 Å². The standard InChI is InChI=1S/C13H17Cl.C13H17F.4C13H18O.C13H18.C12H16O.C12H12O.C10H11ClO.C8H16/c2*1-2-10-3-4-12(9-10)11-5-7-13(14)8-6-11;2*1-3-12-8-9-13(14-12)11-6-4-10(2)5-7-11;2*1-3-12-7-8-13(14-12)11-6-4-5-10(2)9-11;1-2-11-8-9-13(10-11)12-6-4-3-5-7-12;2*1-2-11-8-9-12(13-11)10-6-4-3-5-7-10;1-2-9-6-7-5-8(11)3-4-10(7)12-9;1-3-8-5-4-7(2)6-8/h2*5-8,10,12H,2-4,9H2,1H3;2*4-7,12-13H,3,8-9H2,1-2H3;2*4-6,9,12-13H,3,7-8H2,1-2H3;3-7,11,13H,2,8-10H2,1H3;3-7,11-12H,2,8-9H2,1H3;3-9H,2H2,1H3;3-5,9H,2,6H2,1H3;7-8H,3-6H2,1-2H3. The molecule has 9 fully saturated rings. The van der Waals surface area contributed by atoms with Gasteiger partial charge in [-0.3, -0.25) is 0 Å². The second-order valence-electron chi connectivity index (χ2n) is 42.4. The van der Waals surface area contributed by atoms with E-state index in [9.17, 15) is 4.39 Å². The van der Waals surface area contributed by atoms with E-state index >= 15 is 0 Å². The molecule has 0 amide bonds. The molecule has 143 heavy (non-hydrogen) atoms. The van der Waals surface area contributed by atoms with E-state index in [1.165, 1.54) is 234 Å². The van der Waals surface area contributed by atoms with Gasteiger partial charge in [-0.2, -0.15) is 0 Å². The molecule has 0 spiro atoms. The molecule has 19 unspecified atom stereocenters. The maximum atomic E-state index is 12.7. The van der Waals surface area contributed by atoms with Crippen molar-refractivity contribution in [3.8, 4) is 17.1 Å². The summed E-state index contributed by atoms with van der Waals surface area (Å²) < 4.78 is 53.7. The van der Waals surface area contributed by atoms with Crippen LogP contribution in [0.4, 0.5) is 4.39 Å². The lowest BCUT2D eigenvalue weighted by Crippen LogP contribution is -2.10. The monoisotopic (exact) mass is 1980 g/mol. The van der Waals surface area contributed by atoms with E-state index in [2.05, 4.69) is 293 Å². The van der Waals surface area contributed by atoms with E-state index < -0.39 is 0 Å². The van der Waals surface area contributed by atoms with Gasteiger partial charge in [0.15, 0.2) is 0 Å². The molecule has 10 aromatic carbocycles. The molecular weight excluding hydrogens is 1800 g/mol. The minimum atomic E-state index is -0.126. The number of aryl methyl sites for hydroxylation is 5. The molecule has 7 heterocycles. The Hall–Kier alpha value is -8.41. The van der Waals surface area contributed by atoms with Gasteiger partial charge in [0.05, 0.1) is 61.0 Å². The predicted octanol–water partition coefficient (Wildman–Crippen LogP) is 39.9. The minimum absolute atomic E-state index is 0.126. The molecule has 1 aromatic heterocycles. The SMILES string of the molecule is CCC1CCC(C)C1.CCC1CCC(c2ccc(C)cc2)O1.CCC1CCC(c2ccc(C)cc2)O1.CCC1CCC(c2ccc(Cl)cc2)C1.CCC1CCC(c2ccc(F)cc2)C1.CCC1CCC(c2cccc(C)c2)O1.CCC1CCC(c2cccc(C)c2)O1.CCC1CCC(c2ccccc2)C1.CCC1CCC(c2ccccc2)O1.CCC1Cc2cc(Cl)ccc2O1.CCc1ccc(-c2ccccc2)o1. The molecule has 10 aliphatic rings. The average Bonchev–Trinajstić information content (AvgIpc) is 1.67. The quantitative estimate of drug-likeness (QED) is 0.0753. The second kappa shape index (κ2) is 62.7. The Morgan fingerprint density at radius 1 is 0.273 bits per heavy atom. The predicted molar refractivity (Wildman–Crippen MR) is 602 cm³/mol. The molecule has 774 valence electrons. The fraction of sp³-hybridized carbons (Fsp3) is 0.519. The van der Waals surface area contributed by atoms with Gasteiger partial charge in [0, 0.05) is 28.5 Å². The molecule has 0 radical (unpaired) electrons. The highest BCUT2D eigenvalue weighted by molar-refractivity contribution is 6.31. The minimum Gasteiger partial charge on any atom is -0.490 e. The van der Waals surface area contributed by atoms with Gasteiger partial charge in [-0.1, -0.05) is 379 Å². The van der Waals surface area contributed by atoms with Crippen molar-refractivity contribution >= 4 is 23.2 Å². The third-order valence-corrected chi connectivity index (χ3v) is 32.2. The Balaban J connectivity index is 0.000000150. The number of ether oxygens (including phenoxy) is 6. The fourth-order valence-electron chi connectivity index (χ4n) is 22.2. The molecule has 7 nitrogen and oxygen atoms in total. The lowest BCUT2D eigenvalue weighted by Gasteiger charge is -2.13. The molecule has 0 bridgehead atoms. The Kier molecular flexibility index (Phi) is 50.3. The summed E-state index contributed by atoms with van der Waals surface area (Å²) in [6.45, 7) is 35.3. The maximum Gasteiger partial charge on any atom is 0.134 e. The van der Waals surface area contributed by atoms with Crippen LogP contribution < -0.4 is 4.74 Å². The lowest BCUT2D eigenvalue weighted by atomic mass is 9.96. The summed E-state index contributed by atoms with van der Waals surface area (Å²) in [6.07, 6.45) is 47.5. The first-order valence-electron chi connectivity index (χ1n) is 56.3. The van der Waals surface area contributed by atoms with E-state index in [1.807, 2.05) is 72.8 Å². The largest absolute Gasteiger partial charge is 0.490 e. The zero-order valence-electron chi connectivity index (χ0n) is 90.4. The molecule has 10 heteroatoms. The van der Waals surface area contributed by atoms with Crippen LogP contribution in [0.1, 0.15) is 415 Å². The van der Waals surface area contributed by atoms with Gasteiger partial charge in [-0.25, -0.2) is 4.39 Å². The number of hydrogen-bond donors (Lipinski definition) is 0. The summed E-state index contributed by atoms with van der Waals surface area (Å²) in [6, 6.07) is 91.7. The van der Waals surface area contributed by atoms with E-state index in [0.29, 0.717) is 73.1 Å². The van der Waals surface area contributed by atoms with Crippen LogP contribution in [0.5, 0.6) is 5.75 Å². The van der Waals surface area contributed by atoms with Crippen molar-refractivity contribution in [2.75, 3.05) is 0 Å². The Morgan fingerprint density at radius 3 is 0.951 bits per heavy atom. The Morgan fingerprint density at radius 2 is 0.608 bits per heavy atom. The van der Waals surface area contributed by atoms with Gasteiger partial charge in [0.25, 0.3) is 0 Å². The van der Waals surface area contributed by atoms with Crippen molar-refractivity contribution in [1.29, 1.82) is 0 Å². The highest BCUT2D eigenvalue weighted by Crippen LogP contribution is 2.45. The van der Waals surface area contributed by atoms with Crippen LogP contribution in [0.15, 0.2) is 271 Å². The average molecular weight is 1980 g/mol. The molecule has 4 aliphatic carbocycles. The first-order valence-corrected chi connectivity index (χ1v) is 57.1. The molecule has 4 saturated carbocycles. The van der Waals surface area contributed by atoms with Crippen LogP contribution in [0.2, 0.25) is 10.0 Å². The van der Waals surface area contributed by atoms with Gasteiger partial charge in [-0.15, -0.1) is 0 Å². The first kappa shape index (κ1) is 115. The number of furan rings is 1. The number of hydrogen-bond acceptors (Lipinski definition) is 7. The van der Waals surface area contributed by atoms with Crippen molar-refractivity contribution in [2.24, 2.45) is 29.6 Å². The van der Waals surface area contributed by atoms with Gasteiger partial charge < -0.3 is 32.8 Å². The maximum absolute atomic E-state index is 12.7. The molecule has 21 rings (SSSR count). The van der Waals surface area contributed by atoms with Crippen LogP contribution in [-0.4, -0.2) is 36.6 Å². The Bertz CT molecular complexity index is 4880. The summed E-state index contributed by atoms with van der Waals surface area (Å²) in [5.41, 5.74) is 18.7. The van der Waals surface area contributed by atoms with Crippen molar-refractivity contribution in [3.05, 3.63) is 361 Å². The number of rotatable bonds is 20. The zero-order valence-corrected chi connectivity index (χ0v) is 91.9. The van der Waals surface area contributed by atoms with Crippen LogP contribution in [0, 0.1) is 63.1 Å². The molecular formula is C133H179Cl2FO7. The normalized spacial score (nSPS) is 25.5. The summed E-state index contributed by atoms with van der Waals surface area (Å²) >= 11 is 11.7. The summed E-state index contributed by atoms with van der Waals surface area (Å²) in [5, 5.41) is 1.65. The second-order valence-corrected chi connectivity index (χ2v) is 43.2. The lowest BCUT2D eigenvalue weighted by molar-refractivity contribution is 0.0426. The molecule has 19 atom stereocenters. The van der Waals surface area contributed by atoms with Crippen molar-refractivity contribution in [1.82, 2.24) is 0 Å². The molecule has 0 N–H and O–H groups in total. The van der Waals surface area contributed by atoms with Crippen LogP contribution >= 0.6 is 23.2 Å². The van der Waals surface area contributed by atoms with E-state index in [4.69, 9.17) is 56.0 Å². The van der Waals surface area contributed by atoms with E-state index in [1.54, 1.807) is 17.7 Å². The highest BCUT2D eigenvalue weighted by atomic mass is 35.5. The number of benzene rings is 10. The number of fused-ring (bicyclic) bond motifs is 1. The number of halogens is 3. The highest BCUT2D eigenvalue weighted by Gasteiger charge is 2.33. The van der Waals surface area contributed by atoms with Crippen molar-refractivity contribution < 1.29 is 37.2 Å².